The minimum absolute atomic E-state index is 0.193. The third kappa shape index (κ3) is 4.74. The number of hydrogen-bond donors (Lipinski definition) is 2. The van der Waals surface area contributed by atoms with Gasteiger partial charge < -0.3 is 10.4 Å². The van der Waals surface area contributed by atoms with Crippen LogP contribution in [0, 0.1) is 0 Å². The smallest absolute Gasteiger partial charge is 0.224 e. The topological polar surface area (TPSA) is 74.2 Å². The van der Waals surface area contributed by atoms with Crippen molar-refractivity contribution in [2.45, 2.75) is 57.2 Å². The fourth-order valence-corrected chi connectivity index (χ4v) is 4.32. The molecule has 28 heavy (non-hydrogen) atoms. The van der Waals surface area contributed by atoms with Gasteiger partial charge >= 0.3 is 0 Å². The van der Waals surface area contributed by atoms with Crippen LogP contribution in [0.5, 0.6) is 0 Å². The summed E-state index contributed by atoms with van der Waals surface area (Å²) in [6.07, 6.45) is 9.21. The molecule has 2 N–H and O–H groups in total. The maximum Gasteiger partial charge on any atom is 0.224 e. The maximum absolute atomic E-state index is 9.73. The van der Waals surface area contributed by atoms with E-state index < -0.39 is 0 Å². The summed E-state index contributed by atoms with van der Waals surface area (Å²) >= 11 is 12.6. The molecule has 1 saturated heterocycles. The van der Waals surface area contributed by atoms with Crippen molar-refractivity contribution in [1.29, 1.82) is 0 Å². The highest BCUT2D eigenvalue weighted by molar-refractivity contribution is 6.31. The Morgan fingerprint density at radius 2 is 1.82 bits per heavy atom. The van der Waals surface area contributed by atoms with Gasteiger partial charge in [-0.05, 0) is 69.3 Å². The second-order valence-corrected chi connectivity index (χ2v) is 8.44. The minimum atomic E-state index is -0.199. The lowest BCUT2D eigenvalue weighted by molar-refractivity contribution is 0.126. The van der Waals surface area contributed by atoms with E-state index in [0.717, 1.165) is 62.1 Å². The Labute approximate surface area is 175 Å². The number of aliphatic hydroxyl groups excluding tert-OH is 1. The third-order valence-corrected chi connectivity index (χ3v) is 6.13. The van der Waals surface area contributed by atoms with Crippen molar-refractivity contribution in [3.05, 3.63) is 34.3 Å². The lowest BCUT2D eigenvalue weighted by Crippen LogP contribution is -2.28. The van der Waals surface area contributed by atoms with Crippen LogP contribution < -0.4 is 5.32 Å². The number of rotatable bonds is 5. The average molecular weight is 422 g/mol. The van der Waals surface area contributed by atoms with Crippen molar-refractivity contribution in [3.63, 3.8) is 0 Å². The van der Waals surface area contributed by atoms with Crippen LogP contribution in [-0.4, -0.2) is 50.2 Å². The molecule has 0 aromatic carbocycles. The van der Waals surface area contributed by atoms with E-state index in [1.807, 2.05) is 12.3 Å². The summed E-state index contributed by atoms with van der Waals surface area (Å²) in [4.78, 5) is 15.6. The van der Waals surface area contributed by atoms with Gasteiger partial charge in [-0.1, -0.05) is 11.6 Å². The molecule has 3 heterocycles. The van der Waals surface area contributed by atoms with E-state index >= 15 is 0 Å². The maximum atomic E-state index is 9.73. The number of aromatic nitrogens is 3. The largest absolute Gasteiger partial charge is 0.393 e. The van der Waals surface area contributed by atoms with Gasteiger partial charge in [-0.25, -0.2) is 9.97 Å². The predicted octanol–water partition coefficient (Wildman–Crippen LogP) is 4.16. The monoisotopic (exact) mass is 421 g/mol. The number of nitrogens with one attached hydrogen (secondary N) is 1. The lowest BCUT2D eigenvalue weighted by atomic mass is 9.93. The molecule has 4 rings (SSSR count). The summed E-state index contributed by atoms with van der Waals surface area (Å²) in [5.41, 5.74) is 2.55. The summed E-state index contributed by atoms with van der Waals surface area (Å²) in [6, 6.07) is 2.13. The van der Waals surface area contributed by atoms with E-state index in [2.05, 4.69) is 25.2 Å². The molecule has 1 aliphatic carbocycles. The molecule has 0 radical (unpaired) electrons. The lowest BCUT2D eigenvalue weighted by Gasteiger charge is -2.27. The number of halogens is 2. The molecule has 2 aromatic rings. The number of nitrogens with zero attached hydrogens (tertiary/aromatic N) is 4. The number of pyridine rings is 1. The first-order chi connectivity index (χ1) is 13.6. The highest BCUT2D eigenvalue weighted by Crippen LogP contribution is 2.31. The van der Waals surface area contributed by atoms with Crippen LogP contribution in [0.3, 0.4) is 0 Å². The first kappa shape index (κ1) is 19.8. The van der Waals surface area contributed by atoms with E-state index in [-0.39, 0.29) is 17.4 Å². The van der Waals surface area contributed by atoms with Gasteiger partial charge in [0.25, 0.3) is 0 Å². The zero-order valence-electron chi connectivity index (χ0n) is 15.7. The molecule has 2 aliphatic rings. The van der Waals surface area contributed by atoms with Gasteiger partial charge in [0.1, 0.15) is 5.82 Å². The molecule has 0 amide bonds. The molecule has 1 aliphatic heterocycles. The Morgan fingerprint density at radius 3 is 2.54 bits per heavy atom. The molecular weight excluding hydrogens is 397 g/mol. The molecule has 2 fully saturated rings. The molecule has 8 heteroatoms. The third-order valence-electron chi connectivity index (χ3n) is 5.60. The standard InChI is InChI=1S/C20H25Cl2N5O/c21-17-9-18(23-10-13(17)12-27-7-1-2-8-27)16-11-24-20(22)26-19(16)25-14-3-5-15(28)6-4-14/h9-11,14-15,28H,1-8,12H2,(H,24,25,26)/t14-,15-. The van der Waals surface area contributed by atoms with Crippen molar-refractivity contribution >= 4 is 29.0 Å². The number of anilines is 1. The average Bonchev–Trinajstić information content (AvgIpc) is 3.19. The molecule has 0 spiro atoms. The Balaban J connectivity index is 1.55. The summed E-state index contributed by atoms with van der Waals surface area (Å²) in [6.45, 7) is 3.07. The van der Waals surface area contributed by atoms with Gasteiger partial charge in [0.15, 0.2) is 0 Å². The highest BCUT2D eigenvalue weighted by Gasteiger charge is 2.22. The number of likely N-dealkylation sites (tertiary alicyclic amines) is 1. The van der Waals surface area contributed by atoms with Gasteiger partial charge in [-0.3, -0.25) is 9.88 Å². The van der Waals surface area contributed by atoms with Crippen LogP contribution in [0.25, 0.3) is 11.3 Å². The van der Waals surface area contributed by atoms with E-state index in [9.17, 15) is 5.11 Å². The van der Waals surface area contributed by atoms with Gasteiger partial charge in [-0.15, -0.1) is 0 Å². The highest BCUT2D eigenvalue weighted by atomic mass is 35.5. The van der Waals surface area contributed by atoms with Crippen molar-refractivity contribution in [2.24, 2.45) is 0 Å². The van der Waals surface area contributed by atoms with Crippen LogP contribution in [0.4, 0.5) is 5.82 Å². The number of aliphatic hydroxyl groups is 1. The van der Waals surface area contributed by atoms with Crippen LogP contribution in [0.1, 0.15) is 44.1 Å². The first-order valence-electron chi connectivity index (χ1n) is 9.93. The zero-order valence-corrected chi connectivity index (χ0v) is 17.3. The number of hydrogen-bond acceptors (Lipinski definition) is 6. The second kappa shape index (κ2) is 8.91. The summed E-state index contributed by atoms with van der Waals surface area (Å²) in [5, 5.41) is 14.1. The fourth-order valence-electron chi connectivity index (χ4n) is 3.98. The molecule has 0 unspecified atom stereocenters. The van der Waals surface area contributed by atoms with E-state index in [1.165, 1.54) is 12.8 Å². The van der Waals surface area contributed by atoms with Crippen molar-refractivity contribution < 1.29 is 5.11 Å². The van der Waals surface area contributed by atoms with Crippen LogP contribution in [-0.2, 0) is 6.54 Å². The van der Waals surface area contributed by atoms with E-state index in [1.54, 1.807) is 6.20 Å². The van der Waals surface area contributed by atoms with Gasteiger partial charge in [0.2, 0.25) is 5.28 Å². The van der Waals surface area contributed by atoms with Gasteiger partial charge in [-0.2, -0.15) is 0 Å². The van der Waals surface area contributed by atoms with Crippen molar-refractivity contribution in [1.82, 2.24) is 19.9 Å². The normalized spacial score (nSPS) is 23.1. The summed E-state index contributed by atoms with van der Waals surface area (Å²) in [5.74, 6) is 0.664. The predicted molar refractivity (Wildman–Crippen MR) is 112 cm³/mol. The molecule has 1 saturated carbocycles. The van der Waals surface area contributed by atoms with Crippen LogP contribution >= 0.6 is 23.2 Å². The fraction of sp³-hybridized carbons (Fsp3) is 0.550. The first-order valence-corrected chi connectivity index (χ1v) is 10.7. The second-order valence-electron chi connectivity index (χ2n) is 7.70. The Kier molecular flexibility index (Phi) is 6.31. The minimum Gasteiger partial charge on any atom is -0.393 e. The van der Waals surface area contributed by atoms with E-state index in [0.29, 0.717) is 10.8 Å². The van der Waals surface area contributed by atoms with Crippen LogP contribution in [0.15, 0.2) is 18.5 Å². The van der Waals surface area contributed by atoms with Crippen LogP contribution in [0.2, 0.25) is 10.3 Å². The molecule has 6 nitrogen and oxygen atoms in total. The Hall–Kier alpha value is -1.47. The SMILES string of the molecule is O[C@H]1CC[C@H](Nc2nc(Cl)ncc2-c2cc(Cl)c(CN3CCCC3)cn2)CC1. The molecule has 150 valence electrons. The summed E-state index contributed by atoms with van der Waals surface area (Å²) < 4.78 is 0. The molecule has 2 aromatic heterocycles. The van der Waals surface area contributed by atoms with Gasteiger partial charge in [0, 0.05) is 35.6 Å². The quantitative estimate of drug-likeness (QED) is 0.705. The van der Waals surface area contributed by atoms with E-state index in [4.69, 9.17) is 23.2 Å². The van der Waals surface area contributed by atoms with Crippen molar-refractivity contribution in [2.75, 3.05) is 18.4 Å². The molecule has 0 bridgehead atoms. The summed E-state index contributed by atoms with van der Waals surface area (Å²) in [7, 11) is 0. The Morgan fingerprint density at radius 1 is 1.07 bits per heavy atom. The Bertz CT molecular complexity index is 820. The van der Waals surface area contributed by atoms with Gasteiger partial charge in [0.05, 0.1) is 17.4 Å². The molecule has 0 atom stereocenters. The zero-order chi connectivity index (χ0) is 19.5. The molecular formula is C20H25Cl2N5O. The van der Waals surface area contributed by atoms with Crippen molar-refractivity contribution in [3.8, 4) is 11.3 Å².